The van der Waals surface area contributed by atoms with Gasteiger partial charge in [0.05, 0.1) is 11.3 Å². The van der Waals surface area contributed by atoms with Crippen molar-refractivity contribution in [1.82, 2.24) is 9.78 Å². The van der Waals surface area contributed by atoms with Crippen LogP contribution < -0.4 is 5.73 Å². The van der Waals surface area contributed by atoms with Crippen LogP contribution in [0.1, 0.15) is 26.4 Å². The zero-order valence-electron chi connectivity index (χ0n) is 11.9. The fourth-order valence-electron chi connectivity index (χ4n) is 1.92. The molecule has 8 heteroatoms. The van der Waals surface area contributed by atoms with Crippen molar-refractivity contribution >= 4 is 17.6 Å². The third-order valence-corrected chi connectivity index (χ3v) is 3.04. The van der Waals surface area contributed by atoms with Crippen molar-refractivity contribution < 1.29 is 23.1 Å². The van der Waals surface area contributed by atoms with Crippen molar-refractivity contribution in [3.63, 3.8) is 0 Å². The van der Waals surface area contributed by atoms with Crippen LogP contribution >= 0.6 is 0 Å². The molecule has 0 unspecified atom stereocenters. The van der Waals surface area contributed by atoms with Gasteiger partial charge in [-0.15, -0.1) is 0 Å². The summed E-state index contributed by atoms with van der Waals surface area (Å²) in [5.74, 6) is -3.34. The largest absolute Gasteiger partial charge is 0.454 e. The van der Waals surface area contributed by atoms with E-state index in [2.05, 4.69) is 5.10 Å². The Morgan fingerprint density at radius 1 is 1.36 bits per heavy atom. The molecule has 0 aliphatic heterocycles. The van der Waals surface area contributed by atoms with Crippen LogP contribution in [0.5, 0.6) is 0 Å². The Morgan fingerprint density at radius 3 is 2.59 bits per heavy atom. The first-order chi connectivity index (χ1) is 10.3. The number of rotatable bonds is 4. The highest BCUT2D eigenvalue weighted by molar-refractivity contribution is 6.01. The van der Waals surface area contributed by atoms with Crippen molar-refractivity contribution in [2.75, 3.05) is 12.3 Å². The highest BCUT2D eigenvalue weighted by Crippen LogP contribution is 2.17. The summed E-state index contributed by atoms with van der Waals surface area (Å²) in [5.41, 5.74) is 5.72. The van der Waals surface area contributed by atoms with Gasteiger partial charge in [0.15, 0.2) is 6.61 Å². The lowest BCUT2D eigenvalue weighted by atomic mass is 10.1. The molecular formula is C14H13F2N3O3. The van der Waals surface area contributed by atoms with Gasteiger partial charge in [0.25, 0.3) is 0 Å². The minimum atomic E-state index is -1.02. The van der Waals surface area contributed by atoms with Gasteiger partial charge < -0.3 is 10.5 Å². The number of benzene rings is 1. The highest BCUT2D eigenvalue weighted by Gasteiger charge is 2.21. The number of carbonyl (C=O) groups excluding carboxylic acids is 2. The van der Waals surface area contributed by atoms with E-state index < -0.39 is 30.0 Å². The average Bonchev–Trinajstić information content (AvgIpc) is 2.69. The topological polar surface area (TPSA) is 87.2 Å². The van der Waals surface area contributed by atoms with E-state index in [4.69, 9.17) is 10.5 Å². The van der Waals surface area contributed by atoms with Crippen molar-refractivity contribution in [1.29, 1.82) is 0 Å². The zero-order chi connectivity index (χ0) is 16.4. The van der Waals surface area contributed by atoms with Gasteiger partial charge >= 0.3 is 5.97 Å². The molecule has 116 valence electrons. The Bertz CT molecular complexity index is 756. The lowest BCUT2D eigenvalue weighted by molar-refractivity contribution is 0.0473. The van der Waals surface area contributed by atoms with Crippen LogP contribution in [0.25, 0.3) is 0 Å². The van der Waals surface area contributed by atoms with Gasteiger partial charge in [-0.25, -0.2) is 13.6 Å². The van der Waals surface area contributed by atoms with Gasteiger partial charge in [-0.2, -0.15) is 5.10 Å². The highest BCUT2D eigenvalue weighted by atomic mass is 19.1. The molecule has 0 spiro atoms. The minimum Gasteiger partial charge on any atom is -0.454 e. The van der Waals surface area contributed by atoms with Gasteiger partial charge in [0, 0.05) is 13.1 Å². The second kappa shape index (κ2) is 5.92. The van der Waals surface area contributed by atoms with E-state index in [0.29, 0.717) is 11.8 Å². The van der Waals surface area contributed by atoms with Gasteiger partial charge in [0.2, 0.25) is 5.78 Å². The Labute approximate surface area is 124 Å². The predicted molar refractivity (Wildman–Crippen MR) is 73.3 cm³/mol. The van der Waals surface area contributed by atoms with E-state index >= 15 is 0 Å². The Morgan fingerprint density at radius 2 is 2.05 bits per heavy atom. The van der Waals surface area contributed by atoms with E-state index in [-0.39, 0.29) is 16.9 Å². The summed E-state index contributed by atoms with van der Waals surface area (Å²) in [6.45, 7) is 0.879. The molecule has 0 atom stereocenters. The monoisotopic (exact) mass is 309 g/mol. The molecular weight excluding hydrogens is 296 g/mol. The van der Waals surface area contributed by atoms with E-state index in [9.17, 15) is 18.4 Å². The number of nitrogens with zero attached hydrogens (tertiary/aromatic N) is 2. The van der Waals surface area contributed by atoms with Crippen LogP contribution in [0.4, 0.5) is 14.6 Å². The van der Waals surface area contributed by atoms with E-state index in [1.807, 2.05) is 0 Å². The number of ketones is 1. The van der Waals surface area contributed by atoms with Crippen LogP contribution in [-0.4, -0.2) is 28.1 Å². The summed E-state index contributed by atoms with van der Waals surface area (Å²) in [4.78, 5) is 23.7. The average molecular weight is 309 g/mol. The van der Waals surface area contributed by atoms with E-state index in [1.165, 1.54) is 4.68 Å². The lowest BCUT2D eigenvalue weighted by Crippen LogP contribution is -2.17. The fourth-order valence-corrected chi connectivity index (χ4v) is 1.92. The fraction of sp³-hybridized carbons (Fsp3) is 0.214. The van der Waals surface area contributed by atoms with Crippen LogP contribution in [-0.2, 0) is 11.8 Å². The van der Waals surface area contributed by atoms with Crippen LogP contribution in [0.15, 0.2) is 18.2 Å². The van der Waals surface area contributed by atoms with Crippen molar-refractivity contribution in [2.24, 2.45) is 7.05 Å². The molecule has 1 aromatic heterocycles. The number of hydrogen-bond acceptors (Lipinski definition) is 5. The number of Topliss-reactive ketones (excluding diaryl/α,β-unsaturated/α-hetero) is 1. The van der Waals surface area contributed by atoms with Gasteiger partial charge in [0.1, 0.15) is 23.0 Å². The van der Waals surface area contributed by atoms with E-state index in [1.54, 1.807) is 14.0 Å². The van der Waals surface area contributed by atoms with Crippen LogP contribution in [0.2, 0.25) is 0 Å². The summed E-state index contributed by atoms with van der Waals surface area (Å²) in [7, 11) is 1.55. The third-order valence-electron chi connectivity index (χ3n) is 3.04. The first-order valence-corrected chi connectivity index (χ1v) is 6.25. The zero-order valence-corrected chi connectivity index (χ0v) is 11.9. The summed E-state index contributed by atoms with van der Waals surface area (Å²) in [6.07, 6.45) is 0. The molecule has 0 fully saturated rings. The number of nitrogens with two attached hydrogens (primary N) is 1. The number of hydrogen-bond donors (Lipinski definition) is 1. The number of nitrogen functional groups attached to an aromatic ring is 1. The molecule has 22 heavy (non-hydrogen) atoms. The molecule has 6 nitrogen and oxygen atoms in total. The molecule has 1 heterocycles. The maximum Gasteiger partial charge on any atom is 0.344 e. The minimum absolute atomic E-state index is 0.0508. The quantitative estimate of drug-likeness (QED) is 0.685. The second-order valence-corrected chi connectivity index (χ2v) is 4.59. The smallest absolute Gasteiger partial charge is 0.344 e. The molecule has 2 N–H and O–H groups in total. The lowest BCUT2D eigenvalue weighted by Gasteiger charge is -2.05. The molecule has 0 radical (unpaired) electrons. The summed E-state index contributed by atoms with van der Waals surface area (Å²) >= 11 is 0. The Kier molecular flexibility index (Phi) is 4.20. The number of aryl methyl sites for hydroxylation is 2. The molecule has 0 saturated heterocycles. The second-order valence-electron chi connectivity index (χ2n) is 4.59. The summed E-state index contributed by atoms with van der Waals surface area (Å²) < 4.78 is 32.3. The van der Waals surface area contributed by atoms with Crippen LogP contribution in [0.3, 0.4) is 0 Å². The molecule has 2 rings (SSSR count). The number of carbonyl (C=O) groups is 2. The maximum atomic E-state index is 13.4. The SMILES string of the molecule is Cc1nn(C)c(N)c1C(=O)OCC(=O)c1ccc(F)cc1F. The maximum absolute atomic E-state index is 13.4. The molecule has 0 aliphatic rings. The molecule has 0 aliphatic carbocycles. The molecule has 0 saturated carbocycles. The number of anilines is 1. The number of ether oxygens (including phenoxy) is 1. The summed E-state index contributed by atoms with van der Waals surface area (Å²) in [5, 5.41) is 3.94. The molecule has 2 aromatic rings. The predicted octanol–water partition coefficient (Wildman–Crippen LogP) is 1.63. The van der Waals surface area contributed by atoms with Crippen molar-refractivity contribution in [3.05, 3.63) is 46.7 Å². The first kappa shape index (κ1) is 15.6. The molecule has 0 amide bonds. The molecule has 1 aromatic carbocycles. The standard InChI is InChI=1S/C14H13F2N3O3/c1-7-12(13(17)19(2)18-7)14(21)22-6-11(20)9-4-3-8(15)5-10(9)16/h3-5H,6,17H2,1-2H3. The third kappa shape index (κ3) is 2.95. The Balaban J connectivity index is 2.09. The summed E-state index contributed by atoms with van der Waals surface area (Å²) in [6, 6.07) is 2.52. The van der Waals surface area contributed by atoms with E-state index in [0.717, 1.165) is 12.1 Å². The molecule has 0 bridgehead atoms. The van der Waals surface area contributed by atoms with Crippen molar-refractivity contribution in [3.8, 4) is 0 Å². The number of esters is 1. The van der Waals surface area contributed by atoms with Gasteiger partial charge in [-0.3, -0.25) is 9.48 Å². The van der Waals surface area contributed by atoms with Gasteiger partial charge in [-0.1, -0.05) is 0 Å². The number of halogens is 2. The Hall–Kier alpha value is -2.77. The van der Waals surface area contributed by atoms with Gasteiger partial charge in [-0.05, 0) is 19.1 Å². The number of aromatic nitrogens is 2. The van der Waals surface area contributed by atoms with Crippen molar-refractivity contribution in [2.45, 2.75) is 6.92 Å². The van der Waals surface area contributed by atoms with Crippen LogP contribution in [0, 0.1) is 18.6 Å². The first-order valence-electron chi connectivity index (χ1n) is 6.25. The normalized spacial score (nSPS) is 10.5.